The van der Waals surface area contributed by atoms with Gasteiger partial charge in [-0.1, -0.05) is 17.7 Å². The molecule has 0 spiro atoms. The normalized spacial score (nSPS) is 23.5. The van der Waals surface area contributed by atoms with Gasteiger partial charge in [-0.05, 0) is 49.4 Å². The van der Waals surface area contributed by atoms with Gasteiger partial charge in [-0.3, -0.25) is 9.78 Å². The SMILES string of the molecule is COC1CC(S(=O)(=O)c2ccc(-c3cncc(Cl)c3)cc2C(F)(F)F)CC1C(=O)NC1(C#N)CC1. The van der Waals surface area contributed by atoms with Gasteiger partial charge in [-0.25, -0.2) is 8.42 Å². The van der Waals surface area contributed by atoms with E-state index in [2.05, 4.69) is 10.3 Å². The summed E-state index contributed by atoms with van der Waals surface area (Å²) in [5, 5.41) is 10.8. The number of rotatable bonds is 6. The van der Waals surface area contributed by atoms with E-state index in [4.69, 9.17) is 16.3 Å². The Morgan fingerprint density at radius 1 is 1.23 bits per heavy atom. The van der Waals surface area contributed by atoms with E-state index in [0.717, 1.165) is 12.1 Å². The first kappa shape index (κ1) is 25.4. The van der Waals surface area contributed by atoms with Crippen LogP contribution in [-0.4, -0.2) is 43.3 Å². The summed E-state index contributed by atoms with van der Waals surface area (Å²) < 4.78 is 74.1. The van der Waals surface area contributed by atoms with Gasteiger partial charge >= 0.3 is 6.18 Å². The van der Waals surface area contributed by atoms with Crippen LogP contribution in [-0.2, 0) is 25.5 Å². The molecule has 7 nitrogen and oxygen atoms in total. The van der Waals surface area contributed by atoms with Gasteiger partial charge in [-0.2, -0.15) is 18.4 Å². The lowest BCUT2D eigenvalue weighted by atomic mass is 10.0. The van der Waals surface area contributed by atoms with Gasteiger partial charge in [0.25, 0.3) is 0 Å². The van der Waals surface area contributed by atoms with Crippen LogP contribution in [0.1, 0.15) is 31.2 Å². The number of sulfone groups is 1. The zero-order chi connectivity index (χ0) is 25.6. The van der Waals surface area contributed by atoms with Gasteiger partial charge in [0.1, 0.15) is 5.54 Å². The van der Waals surface area contributed by atoms with E-state index in [1.165, 1.54) is 31.6 Å². The Hall–Kier alpha value is -2.68. The van der Waals surface area contributed by atoms with Crippen molar-refractivity contribution in [2.45, 2.75) is 53.6 Å². The first-order valence-electron chi connectivity index (χ1n) is 10.7. The Bertz CT molecular complexity index is 1310. The van der Waals surface area contributed by atoms with Gasteiger partial charge in [0, 0.05) is 25.1 Å². The highest BCUT2D eigenvalue weighted by Crippen LogP contribution is 2.43. The lowest BCUT2D eigenvalue weighted by molar-refractivity contribution is -0.139. The number of carbonyl (C=O) groups excluding carboxylic acids is 1. The fraction of sp³-hybridized carbons (Fsp3) is 0.435. The van der Waals surface area contributed by atoms with E-state index in [1.807, 2.05) is 6.07 Å². The number of benzene rings is 1. The Morgan fingerprint density at radius 2 is 1.94 bits per heavy atom. The van der Waals surface area contributed by atoms with Crippen molar-refractivity contribution in [1.82, 2.24) is 10.3 Å². The average molecular weight is 528 g/mol. The number of hydrogen-bond acceptors (Lipinski definition) is 6. The number of nitriles is 1. The molecule has 1 amide bonds. The maximum atomic E-state index is 14.0. The number of carbonyl (C=O) groups is 1. The predicted molar refractivity (Wildman–Crippen MR) is 120 cm³/mol. The first-order valence-corrected chi connectivity index (χ1v) is 12.6. The maximum absolute atomic E-state index is 14.0. The predicted octanol–water partition coefficient (Wildman–Crippen LogP) is 4.16. The second kappa shape index (κ2) is 9.08. The summed E-state index contributed by atoms with van der Waals surface area (Å²) in [6.07, 6.45) is -2.49. The number of nitrogens with one attached hydrogen (secondary N) is 1. The number of amides is 1. The van der Waals surface area contributed by atoms with Crippen molar-refractivity contribution in [3.8, 4) is 17.2 Å². The lowest BCUT2D eigenvalue weighted by Crippen LogP contribution is -2.42. The molecule has 1 aromatic carbocycles. The van der Waals surface area contributed by atoms with E-state index in [0.29, 0.717) is 18.4 Å². The van der Waals surface area contributed by atoms with Gasteiger partial charge in [0.05, 0.1) is 38.8 Å². The van der Waals surface area contributed by atoms with E-state index in [-0.39, 0.29) is 23.4 Å². The second-order valence-electron chi connectivity index (χ2n) is 8.80. The van der Waals surface area contributed by atoms with Gasteiger partial charge in [0.2, 0.25) is 5.91 Å². The molecule has 1 heterocycles. The molecule has 2 saturated carbocycles. The second-order valence-corrected chi connectivity index (χ2v) is 11.4. The minimum Gasteiger partial charge on any atom is -0.381 e. The number of hydrogen-bond donors (Lipinski definition) is 1. The molecule has 0 bridgehead atoms. The lowest BCUT2D eigenvalue weighted by Gasteiger charge is -2.19. The summed E-state index contributed by atoms with van der Waals surface area (Å²) >= 11 is 5.89. The molecule has 2 aromatic rings. The highest BCUT2D eigenvalue weighted by atomic mass is 35.5. The molecule has 1 N–H and O–H groups in total. The summed E-state index contributed by atoms with van der Waals surface area (Å²) in [5.41, 5.74) is -1.86. The average Bonchev–Trinajstić information content (AvgIpc) is 3.43. The highest BCUT2D eigenvalue weighted by Gasteiger charge is 2.51. The minimum absolute atomic E-state index is 0.107. The van der Waals surface area contributed by atoms with Crippen LogP contribution in [0.3, 0.4) is 0 Å². The number of alkyl halides is 3. The van der Waals surface area contributed by atoms with Crippen molar-refractivity contribution in [1.29, 1.82) is 5.26 Å². The van der Waals surface area contributed by atoms with Crippen molar-refractivity contribution in [2.24, 2.45) is 5.92 Å². The molecule has 1 aromatic heterocycles. The summed E-state index contributed by atoms with van der Waals surface area (Å²) in [4.78, 5) is 15.8. The maximum Gasteiger partial charge on any atom is 0.417 e. The quantitative estimate of drug-likeness (QED) is 0.604. The zero-order valence-electron chi connectivity index (χ0n) is 18.5. The fourth-order valence-electron chi connectivity index (χ4n) is 4.39. The van der Waals surface area contributed by atoms with E-state index in [1.54, 1.807) is 0 Å². The van der Waals surface area contributed by atoms with E-state index < -0.39 is 55.2 Å². The molecule has 0 radical (unpaired) electrons. The fourth-order valence-corrected chi connectivity index (χ4v) is 6.57. The number of pyridine rings is 1. The van der Waals surface area contributed by atoms with Gasteiger partial charge < -0.3 is 10.1 Å². The van der Waals surface area contributed by atoms with Crippen LogP contribution in [0.5, 0.6) is 0 Å². The minimum atomic E-state index is -4.95. The molecule has 0 saturated heterocycles. The molecule has 0 aliphatic heterocycles. The van der Waals surface area contributed by atoms with Crippen LogP contribution < -0.4 is 5.32 Å². The summed E-state index contributed by atoms with van der Waals surface area (Å²) in [6, 6.07) is 6.41. The number of aromatic nitrogens is 1. The Morgan fingerprint density at radius 3 is 2.51 bits per heavy atom. The zero-order valence-corrected chi connectivity index (χ0v) is 20.0. The van der Waals surface area contributed by atoms with E-state index >= 15 is 0 Å². The first-order chi connectivity index (χ1) is 16.4. The molecule has 2 aliphatic rings. The largest absolute Gasteiger partial charge is 0.417 e. The highest BCUT2D eigenvalue weighted by molar-refractivity contribution is 7.92. The van der Waals surface area contributed by atoms with Crippen molar-refractivity contribution >= 4 is 27.3 Å². The van der Waals surface area contributed by atoms with Crippen LogP contribution in [0.25, 0.3) is 11.1 Å². The monoisotopic (exact) mass is 527 g/mol. The summed E-state index contributed by atoms with van der Waals surface area (Å²) in [6.45, 7) is 0. The van der Waals surface area contributed by atoms with Crippen LogP contribution in [0.15, 0.2) is 41.6 Å². The number of nitrogens with zero attached hydrogens (tertiary/aromatic N) is 2. The molecule has 186 valence electrons. The number of halogens is 4. The standard InChI is InChI=1S/C23H21ClF3N3O4S/c1-34-19-9-16(8-17(19)21(31)30-22(12-28)4-5-22)35(32,33)20-3-2-13(7-18(20)23(25,26)27)14-6-15(24)11-29-10-14/h2-3,6-7,10-11,16-17,19H,4-5,8-9H2,1H3,(H,30,31). The van der Waals surface area contributed by atoms with Gasteiger partial charge in [0.15, 0.2) is 9.84 Å². The summed E-state index contributed by atoms with van der Waals surface area (Å²) in [5.74, 6) is -1.44. The molecule has 4 rings (SSSR count). The van der Waals surface area contributed by atoms with Crippen molar-refractivity contribution in [3.05, 3.63) is 47.2 Å². The van der Waals surface area contributed by atoms with Crippen molar-refractivity contribution in [3.63, 3.8) is 0 Å². The van der Waals surface area contributed by atoms with Crippen LogP contribution in [0.2, 0.25) is 5.02 Å². The third-order valence-corrected chi connectivity index (χ3v) is 8.93. The smallest absolute Gasteiger partial charge is 0.381 e. The Labute approximate surface area is 205 Å². The number of methoxy groups -OCH3 is 1. The molecule has 12 heteroatoms. The third-order valence-electron chi connectivity index (χ3n) is 6.50. The molecular formula is C23H21ClF3N3O4S. The molecule has 3 atom stereocenters. The number of ether oxygens (including phenoxy) is 1. The molecule has 2 fully saturated rings. The summed E-state index contributed by atoms with van der Waals surface area (Å²) in [7, 11) is -3.18. The van der Waals surface area contributed by atoms with Crippen molar-refractivity contribution < 1.29 is 31.1 Å². The molecule has 3 unspecified atom stereocenters. The Balaban J connectivity index is 1.67. The van der Waals surface area contributed by atoms with Crippen molar-refractivity contribution in [2.75, 3.05) is 7.11 Å². The van der Waals surface area contributed by atoms with E-state index in [9.17, 15) is 31.6 Å². The van der Waals surface area contributed by atoms with Crippen LogP contribution >= 0.6 is 11.6 Å². The van der Waals surface area contributed by atoms with Crippen LogP contribution in [0.4, 0.5) is 13.2 Å². The van der Waals surface area contributed by atoms with Crippen LogP contribution in [0, 0.1) is 17.2 Å². The molecule has 35 heavy (non-hydrogen) atoms. The molecular weight excluding hydrogens is 507 g/mol. The topological polar surface area (TPSA) is 109 Å². The third kappa shape index (κ3) is 5.01. The van der Waals surface area contributed by atoms with Gasteiger partial charge in [-0.15, -0.1) is 0 Å². The Kier molecular flexibility index (Phi) is 6.59. The molecule has 2 aliphatic carbocycles.